The molecule has 0 saturated carbocycles. The van der Waals surface area contributed by atoms with Crippen molar-refractivity contribution >= 4 is 34.2 Å². The summed E-state index contributed by atoms with van der Waals surface area (Å²) in [5.41, 5.74) is 2.12. The van der Waals surface area contributed by atoms with Crippen LogP contribution in [0, 0.1) is 13.8 Å². The van der Waals surface area contributed by atoms with E-state index in [9.17, 15) is 19.5 Å². The van der Waals surface area contributed by atoms with Crippen LogP contribution in [0.25, 0.3) is 22.4 Å². The van der Waals surface area contributed by atoms with Gasteiger partial charge in [-0.05, 0) is 50.6 Å². The maximum Gasteiger partial charge on any atom is 0.356 e. The molecule has 4 aromatic rings. The minimum Gasteiger partial charge on any atom is -0.476 e. The van der Waals surface area contributed by atoms with Crippen molar-refractivity contribution < 1.29 is 14.3 Å². The van der Waals surface area contributed by atoms with Crippen molar-refractivity contribution in [1.29, 1.82) is 0 Å². The van der Waals surface area contributed by atoms with Gasteiger partial charge in [-0.3, -0.25) is 9.59 Å². The zero-order chi connectivity index (χ0) is 23.9. The number of hydrogen-bond acceptors (Lipinski definition) is 6. The fraction of sp³-hybridized carbons (Fsp3) is 0.167. The predicted octanol–water partition coefficient (Wildman–Crippen LogP) is 4.68. The smallest absolute Gasteiger partial charge is 0.356 e. The van der Waals surface area contributed by atoms with Crippen LogP contribution in [0.1, 0.15) is 40.1 Å². The molecular formula is C24H20ClN3O5. The lowest BCUT2D eigenvalue weighted by atomic mass is 9.99. The first-order valence-electron chi connectivity index (χ1n) is 10.1. The molecule has 4 rings (SSSR count). The number of H-pyrrole nitrogens is 1. The minimum absolute atomic E-state index is 0.0644. The summed E-state index contributed by atoms with van der Waals surface area (Å²) in [4.78, 5) is 43.2. The third kappa shape index (κ3) is 4.25. The van der Waals surface area contributed by atoms with Gasteiger partial charge in [-0.25, -0.2) is 9.78 Å². The highest BCUT2D eigenvalue weighted by Gasteiger charge is 2.21. The Morgan fingerprint density at radius 2 is 1.94 bits per heavy atom. The number of halogens is 1. The number of rotatable bonds is 5. The highest BCUT2D eigenvalue weighted by molar-refractivity contribution is 6.29. The monoisotopic (exact) mass is 465 g/mol. The molecule has 0 amide bonds. The Balaban J connectivity index is 1.90. The van der Waals surface area contributed by atoms with Crippen molar-refractivity contribution in [2.24, 2.45) is 0 Å². The number of nitrogens with zero attached hydrogens (tertiary/aromatic N) is 1. The summed E-state index contributed by atoms with van der Waals surface area (Å²) in [7, 11) is 0. The molecule has 8 nitrogen and oxygen atoms in total. The Kier molecular flexibility index (Phi) is 5.78. The third-order valence-corrected chi connectivity index (χ3v) is 5.52. The van der Waals surface area contributed by atoms with Gasteiger partial charge >= 0.3 is 5.97 Å². The number of aromatic carboxylic acids is 1. The standard InChI is InChI=1S/C24H20ClN3O5/c1-11-9-14(13(3)26-16-7-8-18(25)28-20(16)24(31)32)23-15(10-11)21(30)12(2)22(33-23)17-5-4-6-19(29)27-17/h4-10,13,26H,1-3H3,(H,27,29)(H,31,32)/t13-/m1/s1. The molecule has 0 aliphatic carbocycles. The summed E-state index contributed by atoms with van der Waals surface area (Å²) >= 11 is 5.86. The van der Waals surface area contributed by atoms with E-state index in [1.807, 2.05) is 19.9 Å². The quantitative estimate of drug-likeness (QED) is 0.365. The Hall–Kier alpha value is -3.91. The number of carboxylic acids is 1. The van der Waals surface area contributed by atoms with E-state index in [0.29, 0.717) is 27.8 Å². The van der Waals surface area contributed by atoms with Crippen LogP contribution >= 0.6 is 11.6 Å². The van der Waals surface area contributed by atoms with Crippen LogP contribution in [0.3, 0.4) is 0 Å². The Bertz CT molecular complexity index is 1520. The lowest BCUT2D eigenvalue weighted by Gasteiger charge is -2.19. The van der Waals surface area contributed by atoms with Gasteiger partial charge in [0.2, 0.25) is 5.56 Å². The van der Waals surface area contributed by atoms with Gasteiger partial charge in [0, 0.05) is 17.2 Å². The van der Waals surface area contributed by atoms with E-state index in [1.54, 1.807) is 25.1 Å². The lowest BCUT2D eigenvalue weighted by molar-refractivity contribution is 0.0691. The fourth-order valence-electron chi connectivity index (χ4n) is 3.75. The third-order valence-electron chi connectivity index (χ3n) is 5.31. The highest BCUT2D eigenvalue weighted by atomic mass is 35.5. The molecule has 3 N–H and O–H groups in total. The molecule has 1 atom stereocenters. The van der Waals surface area contributed by atoms with Gasteiger partial charge < -0.3 is 19.8 Å². The van der Waals surface area contributed by atoms with E-state index < -0.39 is 12.0 Å². The normalized spacial score (nSPS) is 12.0. The largest absolute Gasteiger partial charge is 0.476 e. The summed E-state index contributed by atoms with van der Waals surface area (Å²) < 4.78 is 6.19. The molecule has 0 aliphatic heterocycles. The molecular weight excluding hydrogens is 446 g/mol. The average Bonchev–Trinajstić information content (AvgIpc) is 2.77. The number of hydrogen-bond donors (Lipinski definition) is 3. The van der Waals surface area contributed by atoms with Crippen LogP contribution in [0.2, 0.25) is 5.15 Å². The van der Waals surface area contributed by atoms with Gasteiger partial charge in [-0.15, -0.1) is 0 Å². The Morgan fingerprint density at radius 3 is 2.64 bits per heavy atom. The van der Waals surface area contributed by atoms with E-state index in [1.165, 1.54) is 18.2 Å². The highest BCUT2D eigenvalue weighted by Crippen LogP contribution is 2.32. The van der Waals surface area contributed by atoms with Crippen LogP contribution in [0.15, 0.2) is 56.5 Å². The number of aromatic nitrogens is 2. The van der Waals surface area contributed by atoms with Crippen LogP contribution in [0.4, 0.5) is 5.69 Å². The second-order valence-electron chi connectivity index (χ2n) is 7.75. The van der Waals surface area contributed by atoms with Gasteiger partial charge in [-0.1, -0.05) is 23.7 Å². The van der Waals surface area contributed by atoms with Crippen LogP contribution in [-0.4, -0.2) is 21.0 Å². The van der Waals surface area contributed by atoms with Gasteiger partial charge in [-0.2, -0.15) is 0 Å². The lowest BCUT2D eigenvalue weighted by Crippen LogP contribution is -2.15. The van der Waals surface area contributed by atoms with Crippen LogP contribution in [0.5, 0.6) is 0 Å². The SMILES string of the molecule is Cc1cc([C@@H](C)Nc2ccc(Cl)nc2C(=O)O)c2oc(-c3cccc(=O)[nH]3)c(C)c(=O)c2c1. The van der Waals surface area contributed by atoms with Gasteiger partial charge in [0.05, 0.1) is 22.8 Å². The number of benzene rings is 1. The first kappa shape index (κ1) is 22.3. The van der Waals surface area contributed by atoms with Crippen molar-refractivity contribution in [2.75, 3.05) is 5.32 Å². The molecule has 1 aromatic carbocycles. The van der Waals surface area contributed by atoms with E-state index >= 15 is 0 Å². The second kappa shape index (κ2) is 8.55. The van der Waals surface area contributed by atoms with Crippen molar-refractivity contribution in [1.82, 2.24) is 9.97 Å². The molecule has 0 radical (unpaired) electrons. The topological polar surface area (TPSA) is 125 Å². The van der Waals surface area contributed by atoms with Gasteiger partial charge in [0.15, 0.2) is 16.9 Å². The first-order chi connectivity index (χ1) is 15.7. The van der Waals surface area contributed by atoms with Gasteiger partial charge in [0.25, 0.3) is 0 Å². The molecule has 33 heavy (non-hydrogen) atoms. The molecule has 0 aliphatic rings. The van der Waals surface area contributed by atoms with Crippen molar-refractivity contribution in [3.8, 4) is 11.5 Å². The Morgan fingerprint density at radius 1 is 1.18 bits per heavy atom. The van der Waals surface area contributed by atoms with Crippen molar-refractivity contribution in [3.05, 3.63) is 90.6 Å². The molecule has 3 heterocycles. The number of carbonyl (C=O) groups is 1. The summed E-state index contributed by atoms with van der Waals surface area (Å²) in [6.45, 7) is 5.33. The summed E-state index contributed by atoms with van der Waals surface area (Å²) in [5.74, 6) is -0.958. The van der Waals surface area contributed by atoms with E-state index in [4.69, 9.17) is 16.0 Å². The Labute approximate surface area is 192 Å². The van der Waals surface area contributed by atoms with E-state index in [2.05, 4.69) is 15.3 Å². The number of aromatic amines is 1. The number of fused-ring (bicyclic) bond motifs is 1. The van der Waals surface area contributed by atoms with Crippen LogP contribution < -0.4 is 16.3 Å². The maximum absolute atomic E-state index is 13.2. The number of anilines is 1. The first-order valence-corrected chi connectivity index (χ1v) is 10.5. The predicted molar refractivity (Wildman–Crippen MR) is 126 cm³/mol. The molecule has 168 valence electrons. The van der Waals surface area contributed by atoms with E-state index in [-0.39, 0.29) is 33.3 Å². The zero-order valence-electron chi connectivity index (χ0n) is 18.0. The van der Waals surface area contributed by atoms with E-state index in [0.717, 1.165) is 5.56 Å². The molecule has 0 bridgehead atoms. The summed E-state index contributed by atoms with van der Waals surface area (Å²) in [6.07, 6.45) is 0. The molecule has 0 unspecified atom stereocenters. The summed E-state index contributed by atoms with van der Waals surface area (Å²) in [5, 5.41) is 13.1. The average molecular weight is 466 g/mol. The van der Waals surface area contributed by atoms with Crippen molar-refractivity contribution in [3.63, 3.8) is 0 Å². The maximum atomic E-state index is 13.2. The number of nitrogens with one attached hydrogen (secondary N) is 2. The van der Waals surface area contributed by atoms with Crippen molar-refractivity contribution in [2.45, 2.75) is 26.8 Å². The fourth-order valence-corrected chi connectivity index (χ4v) is 3.90. The summed E-state index contributed by atoms with van der Waals surface area (Å²) in [6, 6.07) is 10.8. The molecule has 0 fully saturated rings. The molecule has 9 heteroatoms. The minimum atomic E-state index is -1.22. The molecule has 0 spiro atoms. The zero-order valence-corrected chi connectivity index (χ0v) is 18.8. The number of pyridine rings is 2. The number of aryl methyl sites for hydroxylation is 1. The number of carboxylic acid groups (broad SMARTS) is 1. The second-order valence-corrected chi connectivity index (χ2v) is 8.13. The van der Waals surface area contributed by atoms with Gasteiger partial charge in [0.1, 0.15) is 10.7 Å². The molecule has 3 aromatic heterocycles. The van der Waals surface area contributed by atoms with Crippen LogP contribution in [-0.2, 0) is 0 Å². The molecule has 0 saturated heterocycles.